The van der Waals surface area contributed by atoms with E-state index < -0.39 is 11.2 Å². The van der Waals surface area contributed by atoms with E-state index in [1.54, 1.807) is 36.6 Å². The Balaban J connectivity index is 1.71. The fourth-order valence-electron chi connectivity index (χ4n) is 4.54. The summed E-state index contributed by atoms with van der Waals surface area (Å²) in [6.07, 6.45) is 2.66. The summed E-state index contributed by atoms with van der Waals surface area (Å²) in [5.74, 6) is 1.05. The van der Waals surface area contributed by atoms with Crippen molar-refractivity contribution < 1.29 is 18.7 Å². The molecule has 0 saturated carbocycles. The molecule has 1 aliphatic heterocycles. The first-order valence-electron chi connectivity index (χ1n) is 11.4. The van der Waals surface area contributed by atoms with Crippen LogP contribution in [0.2, 0.25) is 0 Å². The predicted molar refractivity (Wildman–Crippen MR) is 130 cm³/mol. The highest BCUT2D eigenvalue weighted by Gasteiger charge is 2.30. The van der Waals surface area contributed by atoms with Gasteiger partial charge in [-0.2, -0.15) is 0 Å². The van der Waals surface area contributed by atoms with Crippen molar-refractivity contribution in [2.45, 2.75) is 44.1 Å². The molecule has 3 heterocycles. The molecule has 0 spiro atoms. The van der Waals surface area contributed by atoms with Gasteiger partial charge in [-0.25, -0.2) is 9.78 Å². The van der Waals surface area contributed by atoms with Gasteiger partial charge >= 0.3 is 5.97 Å². The van der Waals surface area contributed by atoms with Gasteiger partial charge in [-0.05, 0) is 55.5 Å². The number of amides is 1. The number of thioether (sulfide) groups is 1. The Bertz CT molecular complexity index is 1240. The minimum Gasteiger partial charge on any atom is -0.467 e. The molecule has 1 aliphatic rings. The summed E-state index contributed by atoms with van der Waals surface area (Å²) < 4.78 is 11.8. The number of carbonyl (C=O) groups is 2. The second-order valence-corrected chi connectivity index (χ2v) is 10.3. The molecule has 0 unspecified atom stereocenters. The van der Waals surface area contributed by atoms with Crippen molar-refractivity contribution in [3.63, 3.8) is 0 Å². The number of nitrogens with zero attached hydrogens (tertiary/aromatic N) is 3. The standard InChI is InChI=1S/C25H29N3O5S/c1-15-10-16(2)13-27(12-15)22(29)17(3)34-25-26-21-11-18(24(31)32-4)7-8-20(21)23(30)28(25)14-19-6-5-9-33-19/h5-9,11,15-17H,10,12-14H2,1-4H3/t15-,16+,17-/m0/s1. The van der Waals surface area contributed by atoms with E-state index in [9.17, 15) is 14.4 Å². The highest BCUT2D eigenvalue weighted by molar-refractivity contribution is 8.00. The molecule has 0 aliphatic carbocycles. The Morgan fingerprint density at radius 1 is 1.24 bits per heavy atom. The van der Waals surface area contributed by atoms with Gasteiger partial charge in [0.1, 0.15) is 5.76 Å². The fourth-order valence-corrected chi connectivity index (χ4v) is 5.53. The largest absolute Gasteiger partial charge is 0.467 e. The van der Waals surface area contributed by atoms with Crippen LogP contribution in [0, 0.1) is 11.8 Å². The molecule has 4 rings (SSSR count). The molecule has 0 radical (unpaired) electrons. The molecular weight excluding hydrogens is 454 g/mol. The molecule has 1 amide bonds. The number of furan rings is 1. The highest BCUT2D eigenvalue weighted by Crippen LogP contribution is 2.28. The number of fused-ring (bicyclic) bond motifs is 1. The molecule has 3 aromatic rings. The maximum Gasteiger partial charge on any atom is 0.337 e. The molecule has 0 bridgehead atoms. The minimum atomic E-state index is -0.505. The summed E-state index contributed by atoms with van der Waals surface area (Å²) in [4.78, 5) is 45.3. The monoisotopic (exact) mass is 483 g/mol. The average Bonchev–Trinajstić information content (AvgIpc) is 3.32. The third-order valence-corrected chi connectivity index (χ3v) is 7.12. The van der Waals surface area contributed by atoms with Crippen LogP contribution in [0.1, 0.15) is 43.3 Å². The molecule has 1 aromatic carbocycles. The molecule has 180 valence electrons. The summed E-state index contributed by atoms with van der Waals surface area (Å²) in [5.41, 5.74) is 0.424. The zero-order valence-corrected chi connectivity index (χ0v) is 20.6. The normalized spacial score (nSPS) is 19.2. The Labute approximate surface area is 202 Å². The summed E-state index contributed by atoms with van der Waals surface area (Å²) in [6, 6.07) is 8.22. The van der Waals surface area contributed by atoms with E-state index in [0.717, 1.165) is 19.5 Å². The Morgan fingerprint density at radius 3 is 2.62 bits per heavy atom. The molecule has 34 heavy (non-hydrogen) atoms. The van der Waals surface area contributed by atoms with Gasteiger partial charge in [-0.15, -0.1) is 0 Å². The lowest BCUT2D eigenvalue weighted by atomic mass is 9.92. The van der Waals surface area contributed by atoms with E-state index >= 15 is 0 Å². The number of hydrogen-bond acceptors (Lipinski definition) is 7. The number of hydrogen-bond donors (Lipinski definition) is 0. The number of rotatable bonds is 6. The smallest absolute Gasteiger partial charge is 0.337 e. The van der Waals surface area contributed by atoms with E-state index in [4.69, 9.17) is 14.1 Å². The van der Waals surface area contributed by atoms with E-state index in [2.05, 4.69) is 13.8 Å². The van der Waals surface area contributed by atoms with Gasteiger partial charge in [0.2, 0.25) is 5.91 Å². The van der Waals surface area contributed by atoms with Gasteiger partial charge in [0.05, 0.1) is 41.6 Å². The molecular formula is C25H29N3O5S. The Morgan fingerprint density at radius 2 is 1.97 bits per heavy atom. The second kappa shape index (κ2) is 10.0. The number of carbonyl (C=O) groups excluding carboxylic acids is 2. The van der Waals surface area contributed by atoms with E-state index in [0.29, 0.717) is 39.2 Å². The maximum atomic E-state index is 13.4. The van der Waals surface area contributed by atoms with E-state index in [1.165, 1.54) is 23.4 Å². The van der Waals surface area contributed by atoms with Crippen molar-refractivity contribution in [1.82, 2.24) is 14.5 Å². The first-order valence-corrected chi connectivity index (χ1v) is 12.3. The van der Waals surface area contributed by atoms with Crippen molar-refractivity contribution in [3.05, 3.63) is 58.3 Å². The van der Waals surface area contributed by atoms with Crippen LogP contribution >= 0.6 is 11.8 Å². The van der Waals surface area contributed by atoms with Crippen molar-refractivity contribution >= 4 is 34.5 Å². The number of piperidine rings is 1. The van der Waals surface area contributed by atoms with Crippen molar-refractivity contribution in [2.24, 2.45) is 11.8 Å². The van der Waals surface area contributed by atoms with Crippen LogP contribution < -0.4 is 5.56 Å². The van der Waals surface area contributed by atoms with Crippen LogP contribution in [0.4, 0.5) is 0 Å². The number of likely N-dealkylation sites (tertiary alicyclic amines) is 1. The maximum absolute atomic E-state index is 13.4. The lowest BCUT2D eigenvalue weighted by Gasteiger charge is -2.36. The summed E-state index contributed by atoms with van der Waals surface area (Å²) in [7, 11) is 1.30. The molecule has 3 atom stereocenters. The van der Waals surface area contributed by atoms with E-state index in [-0.39, 0.29) is 18.0 Å². The molecule has 0 N–H and O–H groups in total. The van der Waals surface area contributed by atoms with Gasteiger partial charge < -0.3 is 14.1 Å². The third-order valence-electron chi connectivity index (χ3n) is 6.05. The molecule has 1 fully saturated rings. The van der Waals surface area contributed by atoms with Gasteiger partial charge in [-0.1, -0.05) is 25.6 Å². The van der Waals surface area contributed by atoms with Gasteiger partial charge in [-0.3, -0.25) is 14.2 Å². The molecule has 8 nitrogen and oxygen atoms in total. The van der Waals surface area contributed by atoms with Gasteiger partial charge in [0.15, 0.2) is 5.16 Å². The van der Waals surface area contributed by atoms with Crippen molar-refractivity contribution in [2.75, 3.05) is 20.2 Å². The van der Waals surface area contributed by atoms with Gasteiger partial charge in [0.25, 0.3) is 5.56 Å². The number of esters is 1. The van der Waals surface area contributed by atoms with Crippen LogP contribution in [0.5, 0.6) is 0 Å². The molecule has 9 heteroatoms. The summed E-state index contributed by atoms with van der Waals surface area (Å²) in [5, 5.41) is 0.338. The second-order valence-electron chi connectivity index (χ2n) is 9.04. The third kappa shape index (κ3) is 5.04. The Kier molecular flexibility index (Phi) is 7.11. The molecule has 1 saturated heterocycles. The zero-order chi connectivity index (χ0) is 24.4. The number of aromatic nitrogens is 2. The van der Waals surface area contributed by atoms with Crippen LogP contribution in [0.15, 0.2) is 51.0 Å². The quantitative estimate of drug-likeness (QED) is 0.299. The lowest BCUT2D eigenvalue weighted by Crippen LogP contribution is -2.45. The SMILES string of the molecule is COC(=O)c1ccc2c(=O)n(Cc3ccco3)c(S[C@@H](C)C(=O)N3C[C@H](C)C[C@H](C)C3)nc2c1. The Hall–Kier alpha value is -3.07. The molecule has 2 aromatic heterocycles. The average molecular weight is 484 g/mol. The predicted octanol–water partition coefficient (Wildman–Crippen LogP) is 3.81. The first kappa shape index (κ1) is 24.1. The number of methoxy groups -OCH3 is 1. The number of ether oxygens (including phenoxy) is 1. The number of benzene rings is 1. The van der Waals surface area contributed by atoms with Crippen LogP contribution in [-0.2, 0) is 16.1 Å². The van der Waals surface area contributed by atoms with Crippen LogP contribution in [0.3, 0.4) is 0 Å². The van der Waals surface area contributed by atoms with Gasteiger partial charge in [0, 0.05) is 13.1 Å². The fraction of sp³-hybridized carbons (Fsp3) is 0.440. The van der Waals surface area contributed by atoms with Crippen LogP contribution in [0.25, 0.3) is 10.9 Å². The van der Waals surface area contributed by atoms with E-state index in [1.807, 2.05) is 11.8 Å². The van der Waals surface area contributed by atoms with Crippen molar-refractivity contribution in [1.29, 1.82) is 0 Å². The minimum absolute atomic E-state index is 0.0330. The topological polar surface area (TPSA) is 94.6 Å². The van der Waals surface area contributed by atoms with Crippen molar-refractivity contribution in [3.8, 4) is 0 Å². The lowest BCUT2D eigenvalue weighted by molar-refractivity contribution is -0.132. The summed E-state index contributed by atoms with van der Waals surface area (Å²) >= 11 is 1.25. The zero-order valence-electron chi connectivity index (χ0n) is 19.8. The highest BCUT2D eigenvalue weighted by atomic mass is 32.2. The first-order chi connectivity index (χ1) is 16.3. The summed E-state index contributed by atoms with van der Waals surface area (Å²) in [6.45, 7) is 7.84. The van der Waals surface area contributed by atoms with Crippen LogP contribution in [-0.4, -0.2) is 51.8 Å².